The minimum absolute atomic E-state index is 0.365. The summed E-state index contributed by atoms with van der Waals surface area (Å²) in [5.41, 5.74) is 3.04. The molecule has 2 aromatic rings. The Balaban J connectivity index is 1.43. The van der Waals surface area contributed by atoms with Crippen LogP contribution in [0.25, 0.3) is 11.5 Å². The molecule has 0 bridgehead atoms. The van der Waals surface area contributed by atoms with Crippen LogP contribution in [0.1, 0.15) is 30.5 Å². The van der Waals surface area contributed by atoms with Gasteiger partial charge in [0.1, 0.15) is 11.5 Å². The van der Waals surface area contributed by atoms with Crippen molar-refractivity contribution < 1.29 is 9.84 Å². The predicted molar refractivity (Wildman–Crippen MR) is 95.3 cm³/mol. The Morgan fingerprint density at radius 1 is 1.24 bits per heavy atom. The molecule has 0 aromatic carbocycles. The largest absolute Gasteiger partial charge is 0.389 e. The van der Waals surface area contributed by atoms with E-state index in [1.807, 2.05) is 18.2 Å². The summed E-state index contributed by atoms with van der Waals surface area (Å²) in [6, 6.07) is 5.74. The van der Waals surface area contributed by atoms with Crippen molar-refractivity contribution in [2.45, 2.75) is 38.2 Å². The molecular weight excluding hydrogens is 316 g/mol. The zero-order valence-corrected chi connectivity index (χ0v) is 14.3. The van der Waals surface area contributed by atoms with Crippen LogP contribution in [0.4, 0.5) is 5.82 Å². The summed E-state index contributed by atoms with van der Waals surface area (Å²) in [6.07, 6.45) is 6.78. The molecule has 6 heteroatoms. The van der Waals surface area contributed by atoms with Crippen LogP contribution < -0.4 is 5.32 Å². The van der Waals surface area contributed by atoms with E-state index in [4.69, 9.17) is 4.74 Å². The highest BCUT2D eigenvalue weighted by Gasteiger charge is 2.22. The first-order chi connectivity index (χ1) is 12.3. The lowest BCUT2D eigenvalue weighted by Crippen LogP contribution is -2.26. The van der Waals surface area contributed by atoms with Crippen LogP contribution in [-0.4, -0.2) is 45.9 Å². The van der Waals surface area contributed by atoms with Crippen LogP contribution in [0.15, 0.2) is 24.4 Å². The van der Waals surface area contributed by atoms with E-state index < -0.39 is 6.10 Å². The lowest BCUT2D eigenvalue weighted by molar-refractivity contribution is 0.0385. The standard InChI is InChI=1S/C19H24N4O2/c24-14(12-25-11-13-7-8-13)10-21-18-15-4-3-6-16(15)22-19(23-18)17-5-1-2-9-20-17/h1-2,5,9,13-14,24H,3-4,6-8,10-12H2,(H,21,22,23). The molecule has 2 N–H and O–H groups in total. The molecule has 2 aromatic heterocycles. The Labute approximate surface area is 147 Å². The van der Waals surface area contributed by atoms with Gasteiger partial charge in [-0.3, -0.25) is 4.98 Å². The minimum Gasteiger partial charge on any atom is -0.389 e. The van der Waals surface area contributed by atoms with E-state index in [-0.39, 0.29) is 0 Å². The molecular formula is C19H24N4O2. The number of anilines is 1. The molecule has 4 rings (SSSR count). The number of nitrogens with one attached hydrogen (secondary N) is 1. The molecule has 0 saturated heterocycles. The zero-order chi connectivity index (χ0) is 17.1. The van der Waals surface area contributed by atoms with Gasteiger partial charge in [0.15, 0.2) is 5.82 Å². The van der Waals surface area contributed by atoms with Gasteiger partial charge in [0.25, 0.3) is 0 Å². The number of hydrogen-bond acceptors (Lipinski definition) is 6. The van der Waals surface area contributed by atoms with Crippen LogP contribution in [0.3, 0.4) is 0 Å². The number of rotatable bonds is 8. The number of hydrogen-bond donors (Lipinski definition) is 2. The van der Waals surface area contributed by atoms with Crippen molar-refractivity contribution in [3.63, 3.8) is 0 Å². The predicted octanol–water partition coefficient (Wildman–Crippen LogP) is 2.23. The van der Waals surface area contributed by atoms with Crippen molar-refractivity contribution >= 4 is 5.82 Å². The van der Waals surface area contributed by atoms with Gasteiger partial charge in [-0.15, -0.1) is 0 Å². The van der Waals surface area contributed by atoms with Crippen molar-refractivity contribution in [3.05, 3.63) is 35.7 Å². The van der Waals surface area contributed by atoms with Crippen LogP contribution in [0.5, 0.6) is 0 Å². The minimum atomic E-state index is -0.538. The van der Waals surface area contributed by atoms with Gasteiger partial charge in [-0.1, -0.05) is 6.07 Å². The summed E-state index contributed by atoms with van der Waals surface area (Å²) < 4.78 is 5.56. The average molecular weight is 340 g/mol. The maximum absolute atomic E-state index is 10.1. The smallest absolute Gasteiger partial charge is 0.180 e. The molecule has 1 unspecified atom stereocenters. The number of aromatic nitrogens is 3. The number of fused-ring (bicyclic) bond motifs is 1. The Bertz CT molecular complexity index is 719. The number of aliphatic hydroxyl groups is 1. The molecule has 2 aliphatic rings. The van der Waals surface area contributed by atoms with Gasteiger partial charge >= 0.3 is 0 Å². The fourth-order valence-corrected chi connectivity index (χ4v) is 3.12. The molecule has 2 heterocycles. The summed E-state index contributed by atoms with van der Waals surface area (Å²) in [7, 11) is 0. The summed E-state index contributed by atoms with van der Waals surface area (Å²) in [5.74, 6) is 2.18. The highest BCUT2D eigenvalue weighted by atomic mass is 16.5. The second-order valence-corrected chi connectivity index (χ2v) is 6.91. The van der Waals surface area contributed by atoms with Crippen LogP contribution in [0, 0.1) is 5.92 Å². The van der Waals surface area contributed by atoms with E-state index in [9.17, 15) is 5.11 Å². The quantitative estimate of drug-likeness (QED) is 0.767. The lowest BCUT2D eigenvalue weighted by Gasteiger charge is -2.15. The Hall–Kier alpha value is -2.05. The summed E-state index contributed by atoms with van der Waals surface area (Å²) in [6.45, 7) is 1.56. The number of pyridine rings is 1. The van der Waals surface area contributed by atoms with Crippen LogP contribution >= 0.6 is 0 Å². The molecule has 132 valence electrons. The van der Waals surface area contributed by atoms with Gasteiger partial charge in [0, 0.05) is 30.6 Å². The monoisotopic (exact) mass is 340 g/mol. The van der Waals surface area contributed by atoms with Crippen molar-refractivity contribution in [1.29, 1.82) is 0 Å². The van der Waals surface area contributed by atoms with E-state index in [1.54, 1.807) is 6.20 Å². The molecule has 0 spiro atoms. The van der Waals surface area contributed by atoms with Gasteiger partial charge in [0.05, 0.1) is 12.7 Å². The van der Waals surface area contributed by atoms with Crippen molar-refractivity contribution in [2.75, 3.05) is 25.1 Å². The molecule has 0 radical (unpaired) electrons. The second kappa shape index (κ2) is 7.45. The van der Waals surface area contributed by atoms with Gasteiger partial charge < -0.3 is 15.2 Å². The van der Waals surface area contributed by atoms with E-state index in [1.165, 1.54) is 18.4 Å². The van der Waals surface area contributed by atoms with E-state index in [0.717, 1.165) is 43.1 Å². The maximum atomic E-state index is 10.1. The summed E-state index contributed by atoms with van der Waals surface area (Å²) in [5, 5.41) is 13.4. The molecule has 25 heavy (non-hydrogen) atoms. The number of aliphatic hydroxyl groups excluding tert-OH is 1. The fourth-order valence-electron chi connectivity index (χ4n) is 3.12. The fraction of sp³-hybridized carbons (Fsp3) is 0.526. The normalized spacial score (nSPS) is 17.3. The molecule has 6 nitrogen and oxygen atoms in total. The van der Waals surface area contributed by atoms with Crippen LogP contribution in [0.2, 0.25) is 0 Å². The highest BCUT2D eigenvalue weighted by molar-refractivity contribution is 5.57. The molecule has 1 atom stereocenters. The van der Waals surface area contributed by atoms with Gasteiger partial charge in [-0.25, -0.2) is 9.97 Å². The number of nitrogens with zero attached hydrogens (tertiary/aromatic N) is 3. The summed E-state index contributed by atoms with van der Waals surface area (Å²) >= 11 is 0. The topological polar surface area (TPSA) is 80.2 Å². The highest BCUT2D eigenvalue weighted by Crippen LogP contribution is 2.29. The first-order valence-corrected chi connectivity index (χ1v) is 9.10. The Morgan fingerprint density at radius 3 is 2.96 bits per heavy atom. The number of ether oxygens (including phenoxy) is 1. The van der Waals surface area contributed by atoms with Crippen molar-refractivity contribution in [1.82, 2.24) is 15.0 Å². The average Bonchev–Trinajstić information content (AvgIpc) is 3.34. The van der Waals surface area contributed by atoms with E-state index >= 15 is 0 Å². The Kier molecular flexibility index (Phi) is 4.90. The SMILES string of the molecule is OC(CNc1nc(-c2ccccn2)nc2c1CCC2)COCC1CC1. The first kappa shape index (κ1) is 16.4. The molecule has 1 saturated carbocycles. The van der Waals surface area contributed by atoms with Gasteiger partial charge in [0.2, 0.25) is 0 Å². The third-order valence-electron chi connectivity index (χ3n) is 4.69. The third-order valence-corrected chi connectivity index (χ3v) is 4.69. The molecule has 0 amide bonds. The third kappa shape index (κ3) is 4.14. The first-order valence-electron chi connectivity index (χ1n) is 9.10. The van der Waals surface area contributed by atoms with E-state index in [0.29, 0.717) is 24.9 Å². The van der Waals surface area contributed by atoms with Gasteiger partial charge in [-0.2, -0.15) is 0 Å². The van der Waals surface area contributed by atoms with Gasteiger partial charge in [-0.05, 0) is 50.2 Å². The van der Waals surface area contributed by atoms with E-state index in [2.05, 4.69) is 20.3 Å². The van der Waals surface area contributed by atoms with Crippen molar-refractivity contribution in [2.24, 2.45) is 5.92 Å². The summed E-state index contributed by atoms with van der Waals surface area (Å²) in [4.78, 5) is 13.7. The second-order valence-electron chi connectivity index (χ2n) is 6.91. The zero-order valence-electron chi connectivity index (χ0n) is 14.3. The van der Waals surface area contributed by atoms with Crippen molar-refractivity contribution in [3.8, 4) is 11.5 Å². The molecule has 0 aliphatic heterocycles. The Morgan fingerprint density at radius 2 is 2.16 bits per heavy atom. The molecule has 1 fully saturated rings. The molecule has 2 aliphatic carbocycles. The lowest BCUT2D eigenvalue weighted by atomic mass is 10.2. The number of aryl methyl sites for hydroxylation is 1. The van der Waals surface area contributed by atoms with Crippen LogP contribution in [-0.2, 0) is 17.6 Å². The maximum Gasteiger partial charge on any atom is 0.180 e.